The third-order valence-corrected chi connectivity index (χ3v) is 6.23. The molecular weight excluding hydrogens is 412 g/mol. The van der Waals surface area contributed by atoms with Gasteiger partial charge in [-0.15, -0.1) is 0 Å². The number of carbonyl (C=O) groups is 2. The van der Waals surface area contributed by atoms with Crippen LogP contribution in [0.2, 0.25) is 0 Å². The Morgan fingerprint density at radius 1 is 1.15 bits per heavy atom. The summed E-state index contributed by atoms with van der Waals surface area (Å²) in [6, 6.07) is 15.2. The Hall–Kier alpha value is -3.08. The van der Waals surface area contributed by atoms with Gasteiger partial charge in [-0.3, -0.25) is 14.5 Å². The first-order valence-electron chi connectivity index (χ1n) is 11.9. The lowest BCUT2D eigenvalue weighted by atomic mass is 9.73. The first-order valence-corrected chi connectivity index (χ1v) is 11.9. The minimum atomic E-state index is -0.505. The Bertz CT molecular complexity index is 1100. The topological polar surface area (TPSA) is 58.6 Å². The molecule has 4 rings (SSSR count). The molecule has 1 atom stereocenters. The predicted octanol–water partition coefficient (Wildman–Crippen LogP) is 6.27. The maximum Gasteiger partial charge on any atom is 0.227 e. The van der Waals surface area contributed by atoms with Gasteiger partial charge in [0.1, 0.15) is 5.75 Å². The molecule has 2 aromatic carbocycles. The van der Waals surface area contributed by atoms with E-state index in [2.05, 4.69) is 33.0 Å². The number of amides is 1. The second-order valence-electron chi connectivity index (χ2n) is 10.3. The van der Waals surface area contributed by atoms with E-state index in [-0.39, 0.29) is 17.1 Å². The summed E-state index contributed by atoms with van der Waals surface area (Å²) >= 11 is 0. The summed E-state index contributed by atoms with van der Waals surface area (Å²) < 4.78 is 6.00. The van der Waals surface area contributed by atoms with Crippen LogP contribution in [0.4, 0.5) is 11.4 Å². The second kappa shape index (κ2) is 9.05. The van der Waals surface area contributed by atoms with Gasteiger partial charge in [0.25, 0.3) is 0 Å². The van der Waals surface area contributed by atoms with Crippen LogP contribution in [0.15, 0.2) is 59.8 Å². The molecular formula is C28H34N2O3. The third-order valence-electron chi connectivity index (χ3n) is 6.23. The van der Waals surface area contributed by atoms with Gasteiger partial charge in [-0.25, -0.2) is 0 Å². The Morgan fingerprint density at radius 3 is 2.64 bits per heavy atom. The summed E-state index contributed by atoms with van der Waals surface area (Å²) in [4.78, 5) is 28.8. The number of para-hydroxylation sites is 2. The lowest BCUT2D eigenvalue weighted by Gasteiger charge is -2.37. The minimum Gasteiger partial charge on any atom is -0.493 e. The van der Waals surface area contributed by atoms with Gasteiger partial charge in [0.2, 0.25) is 5.91 Å². The molecule has 2 aliphatic rings. The Morgan fingerprint density at radius 2 is 1.91 bits per heavy atom. The number of fused-ring (bicyclic) bond motifs is 1. The molecule has 1 unspecified atom stereocenters. The van der Waals surface area contributed by atoms with E-state index in [1.54, 1.807) is 0 Å². The normalized spacial score (nSPS) is 19.5. The zero-order valence-corrected chi connectivity index (χ0v) is 20.3. The number of rotatable bonds is 5. The van der Waals surface area contributed by atoms with Crippen LogP contribution in [0, 0.1) is 11.3 Å². The van der Waals surface area contributed by atoms with E-state index < -0.39 is 6.04 Å². The van der Waals surface area contributed by atoms with Crippen LogP contribution >= 0.6 is 0 Å². The van der Waals surface area contributed by atoms with Crippen LogP contribution in [0.1, 0.15) is 65.5 Å². The van der Waals surface area contributed by atoms with Crippen molar-refractivity contribution in [3.63, 3.8) is 0 Å². The molecule has 1 aliphatic heterocycles. The van der Waals surface area contributed by atoms with Crippen molar-refractivity contribution in [2.24, 2.45) is 11.3 Å². The van der Waals surface area contributed by atoms with Gasteiger partial charge in [0.15, 0.2) is 5.78 Å². The molecule has 0 aromatic heterocycles. The van der Waals surface area contributed by atoms with Crippen molar-refractivity contribution in [2.45, 2.75) is 59.9 Å². The van der Waals surface area contributed by atoms with Crippen molar-refractivity contribution < 1.29 is 14.3 Å². The summed E-state index contributed by atoms with van der Waals surface area (Å²) in [6.07, 6.45) is 1.55. The van der Waals surface area contributed by atoms with Crippen molar-refractivity contribution in [2.75, 3.05) is 16.8 Å². The monoisotopic (exact) mass is 446 g/mol. The number of Topliss-reactive ketones (excluding diaryl/α,β-unsaturated/α-hetero) is 1. The van der Waals surface area contributed by atoms with Crippen molar-refractivity contribution in [3.8, 4) is 5.75 Å². The van der Waals surface area contributed by atoms with E-state index in [9.17, 15) is 9.59 Å². The number of nitrogens with zero attached hydrogens (tertiary/aromatic N) is 1. The van der Waals surface area contributed by atoms with Crippen molar-refractivity contribution in [1.82, 2.24) is 0 Å². The highest BCUT2D eigenvalue weighted by Crippen LogP contribution is 2.48. The predicted molar refractivity (Wildman–Crippen MR) is 132 cm³/mol. The average molecular weight is 447 g/mol. The fourth-order valence-corrected chi connectivity index (χ4v) is 4.79. The van der Waals surface area contributed by atoms with E-state index in [0.717, 1.165) is 34.8 Å². The average Bonchev–Trinajstić information content (AvgIpc) is 2.90. The molecule has 174 valence electrons. The molecule has 33 heavy (non-hydrogen) atoms. The molecule has 1 amide bonds. The Labute approximate surface area is 196 Å². The maximum absolute atomic E-state index is 13.6. The zero-order chi connectivity index (χ0) is 23.8. The van der Waals surface area contributed by atoms with Gasteiger partial charge < -0.3 is 10.1 Å². The molecule has 1 aliphatic carbocycles. The second-order valence-corrected chi connectivity index (χ2v) is 10.3. The van der Waals surface area contributed by atoms with Crippen LogP contribution in [-0.2, 0) is 9.59 Å². The molecule has 0 radical (unpaired) electrons. The van der Waals surface area contributed by atoms with Crippen molar-refractivity contribution in [1.29, 1.82) is 0 Å². The highest BCUT2D eigenvalue weighted by molar-refractivity contribution is 6.06. The maximum atomic E-state index is 13.6. The molecule has 0 fully saturated rings. The molecule has 1 N–H and O–H groups in total. The quantitative estimate of drug-likeness (QED) is 0.588. The van der Waals surface area contributed by atoms with E-state index in [1.807, 2.05) is 60.4 Å². The molecule has 0 bridgehead atoms. The molecule has 5 heteroatoms. The molecule has 0 saturated carbocycles. The lowest BCUT2D eigenvalue weighted by molar-refractivity contribution is -0.119. The summed E-state index contributed by atoms with van der Waals surface area (Å²) in [5.41, 5.74) is 3.99. The summed E-state index contributed by atoms with van der Waals surface area (Å²) in [5, 5.41) is 3.54. The highest BCUT2D eigenvalue weighted by Gasteiger charge is 2.43. The van der Waals surface area contributed by atoms with Gasteiger partial charge in [-0.05, 0) is 47.6 Å². The van der Waals surface area contributed by atoms with Crippen molar-refractivity contribution in [3.05, 3.63) is 65.4 Å². The number of hydrogen-bond donors (Lipinski definition) is 1. The SMILES string of the molecule is CCC(=O)N1c2ccccc2NC2=C(C(=O)CC(C)(C)C2)C1c1cccc(OCC(C)C)c1. The molecule has 0 spiro atoms. The summed E-state index contributed by atoms with van der Waals surface area (Å²) in [7, 11) is 0. The standard InChI is InChI=1S/C28H34N2O3/c1-6-25(32)30-23-13-8-7-12-21(23)29-22-15-28(4,5)16-24(31)26(22)27(30)19-10-9-11-20(14-19)33-17-18(2)3/h7-14,18,27,29H,6,15-17H2,1-5H3. The lowest BCUT2D eigenvalue weighted by Crippen LogP contribution is -2.39. The number of allylic oxidation sites excluding steroid dienone is 1. The minimum absolute atomic E-state index is 0.0193. The van der Waals surface area contributed by atoms with Crippen LogP contribution in [0.3, 0.4) is 0 Å². The summed E-state index contributed by atoms with van der Waals surface area (Å²) in [5.74, 6) is 1.22. The molecule has 2 aromatic rings. The Kier molecular flexibility index (Phi) is 6.33. The number of ether oxygens (including phenoxy) is 1. The zero-order valence-electron chi connectivity index (χ0n) is 20.3. The van der Waals surface area contributed by atoms with Crippen LogP contribution < -0.4 is 15.0 Å². The highest BCUT2D eigenvalue weighted by atomic mass is 16.5. The van der Waals surface area contributed by atoms with Gasteiger partial charge in [-0.2, -0.15) is 0 Å². The van der Waals surface area contributed by atoms with E-state index >= 15 is 0 Å². The van der Waals surface area contributed by atoms with E-state index in [1.165, 1.54) is 0 Å². The molecule has 1 heterocycles. The largest absolute Gasteiger partial charge is 0.493 e. The van der Waals surface area contributed by atoms with Crippen LogP contribution in [0.5, 0.6) is 5.75 Å². The van der Waals surface area contributed by atoms with Gasteiger partial charge in [0.05, 0.1) is 24.0 Å². The first-order chi connectivity index (χ1) is 15.7. The smallest absolute Gasteiger partial charge is 0.227 e. The van der Waals surface area contributed by atoms with Gasteiger partial charge in [0, 0.05) is 24.1 Å². The number of nitrogens with one attached hydrogen (secondary N) is 1. The third kappa shape index (κ3) is 4.68. The van der Waals surface area contributed by atoms with Crippen LogP contribution in [-0.4, -0.2) is 18.3 Å². The molecule has 5 nitrogen and oxygen atoms in total. The van der Waals surface area contributed by atoms with Gasteiger partial charge >= 0.3 is 0 Å². The fraction of sp³-hybridized carbons (Fsp3) is 0.429. The number of carbonyl (C=O) groups excluding carboxylic acids is 2. The van der Waals surface area contributed by atoms with Gasteiger partial charge in [-0.1, -0.05) is 58.9 Å². The first kappa shape index (κ1) is 23.1. The van der Waals surface area contributed by atoms with Crippen LogP contribution in [0.25, 0.3) is 0 Å². The molecule has 0 saturated heterocycles. The van der Waals surface area contributed by atoms with E-state index in [4.69, 9.17) is 4.74 Å². The van der Waals surface area contributed by atoms with E-state index in [0.29, 0.717) is 30.9 Å². The van der Waals surface area contributed by atoms with Crippen molar-refractivity contribution >= 4 is 23.1 Å². The number of ketones is 1. The summed E-state index contributed by atoms with van der Waals surface area (Å²) in [6.45, 7) is 10.9. The number of benzene rings is 2. The fourth-order valence-electron chi connectivity index (χ4n) is 4.79. The Balaban J connectivity index is 1.93. The number of hydrogen-bond acceptors (Lipinski definition) is 4. The number of anilines is 2.